The predicted molar refractivity (Wildman–Crippen MR) is 150 cm³/mol. The Morgan fingerprint density at radius 2 is 1.84 bits per heavy atom. The number of amides is 2. The molecule has 0 radical (unpaired) electrons. The molecule has 5 rings (SSSR count). The number of fused-ring (bicyclic) bond motifs is 2. The van der Waals surface area contributed by atoms with Crippen molar-refractivity contribution in [3.8, 4) is 11.5 Å². The van der Waals surface area contributed by atoms with Gasteiger partial charge in [0.05, 0.1) is 24.4 Å². The molecule has 43 heavy (non-hydrogen) atoms. The van der Waals surface area contributed by atoms with Crippen LogP contribution in [0, 0.1) is 0 Å². The molecule has 230 valence electrons. The second-order valence-corrected chi connectivity index (χ2v) is 11.3. The maximum atomic E-state index is 14.0. The van der Waals surface area contributed by atoms with Crippen LogP contribution in [0.15, 0.2) is 66.0 Å². The van der Waals surface area contributed by atoms with E-state index in [2.05, 4.69) is 0 Å². The molecule has 0 spiro atoms. The van der Waals surface area contributed by atoms with Crippen LogP contribution in [0.4, 0.5) is 10.5 Å². The fourth-order valence-corrected chi connectivity index (χ4v) is 5.14. The molecule has 3 aliphatic rings. The Morgan fingerprint density at radius 1 is 1.12 bits per heavy atom. The Kier molecular flexibility index (Phi) is 7.80. The molecule has 2 amide bonds. The minimum absolute atomic E-state index is 0.0213. The van der Waals surface area contributed by atoms with Gasteiger partial charge in [-0.1, -0.05) is 30.3 Å². The van der Waals surface area contributed by atoms with Crippen molar-refractivity contribution in [3.05, 3.63) is 77.1 Å². The lowest BCUT2D eigenvalue weighted by atomic mass is 10.1. The smallest absolute Gasteiger partial charge is 0.417 e. The van der Waals surface area contributed by atoms with E-state index in [4.69, 9.17) is 23.7 Å². The number of rotatable bonds is 6. The molecule has 3 atom stereocenters. The Bertz CT molecular complexity index is 1470. The Morgan fingerprint density at radius 3 is 2.51 bits per heavy atom. The summed E-state index contributed by atoms with van der Waals surface area (Å²) in [5.41, 5.74) is -0.0337. The molecule has 2 aromatic rings. The lowest BCUT2D eigenvalue weighted by Crippen LogP contribution is -2.57. The maximum absolute atomic E-state index is 14.0. The molecule has 13 nitrogen and oxygen atoms in total. The Hall–Kier alpha value is -4.62. The molecule has 1 unspecified atom stereocenters. The molecule has 3 heterocycles. The quantitative estimate of drug-likeness (QED) is 0.348. The van der Waals surface area contributed by atoms with Gasteiger partial charge in [0.1, 0.15) is 18.5 Å². The molecule has 4 N–H and O–H groups in total. The average Bonchev–Trinajstić information content (AvgIpc) is 3.43. The first-order valence-corrected chi connectivity index (χ1v) is 13.6. The van der Waals surface area contributed by atoms with Gasteiger partial charge in [-0.3, -0.25) is 9.53 Å². The van der Waals surface area contributed by atoms with E-state index < -0.39 is 53.1 Å². The topological polar surface area (TPSA) is 168 Å². The van der Waals surface area contributed by atoms with Gasteiger partial charge in [-0.05, 0) is 45.2 Å². The molecule has 0 saturated carbocycles. The number of nitrogens with zero attached hydrogens (tertiary/aromatic N) is 2. The lowest BCUT2D eigenvalue weighted by Gasteiger charge is -2.40. The third kappa shape index (κ3) is 5.73. The number of ether oxygens (including phenoxy) is 5. The first-order chi connectivity index (χ1) is 20.3. The van der Waals surface area contributed by atoms with Crippen LogP contribution in [-0.4, -0.2) is 74.8 Å². The van der Waals surface area contributed by atoms with E-state index in [1.807, 2.05) is 30.3 Å². The van der Waals surface area contributed by atoms with Gasteiger partial charge in [-0.15, -0.1) is 0 Å². The van der Waals surface area contributed by atoms with Crippen LogP contribution < -0.4 is 14.4 Å². The zero-order chi connectivity index (χ0) is 31.1. The predicted octanol–water partition coefficient (Wildman–Crippen LogP) is 4.38. The number of carbonyl (C=O) groups excluding carboxylic acids is 2. The van der Waals surface area contributed by atoms with Gasteiger partial charge in [0, 0.05) is 12.6 Å². The standard InChI is InChI=1S/C30H34N2O11/c1-29(2,3)43-28(37)32-20-14-23(40-15-17-9-6-5-7-10-17)22(39-4)13-18(20)26(36)31-12-8-11-19(31)27(32)42-30(38)25(35)24(34)21(33)16-41-30/h5-7,9-10,13-14,16,19,27,33-35,38H,8,11-12,15H2,1-4H3/t19-,27-,30?/m0/s1. The van der Waals surface area contributed by atoms with Gasteiger partial charge in [-0.25, -0.2) is 9.69 Å². The van der Waals surface area contributed by atoms with E-state index in [0.29, 0.717) is 25.6 Å². The summed E-state index contributed by atoms with van der Waals surface area (Å²) in [7, 11) is 1.43. The highest BCUT2D eigenvalue weighted by molar-refractivity contribution is 6.06. The second kappa shape index (κ2) is 11.2. The van der Waals surface area contributed by atoms with Crippen LogP contribution in [0.25, 0.3) is 0 Å². The fourth-order valence-electron chi connectivity index (χ4n) is 5.14. The molecule has 13 heteroatoms. The molecular formula is C30H34N2O11. The lowest BCUT2D eigenvalue weighted by molar-refractivity contribution is -0.351. The van der Waals surface area contributed by atoms with E-state index in [0.717, 1.165) is 10.5 Å². The maximum Gasteiger partial charge on any atom is 0.417 e. The van der Waals surface area contributed by atoms with Crippen molar-refractivity contribution < 1.29 is 53.7 Å². The number of hydrogen-bond donors (Lipinski definition) is 4. The summed E-state index contributed by atoms with van der Waals surface area (Å²) in [4.78, 5) is 30.4. The van der Waals surface area contributed by atoms with Gasteiger partial charge < -0.3 is 44.3 Å². The summed E-state index contributed by atoms with van der Waals surface area (Å²) in [5, 5.41) is 41.6. The molecule has 0 aromatic heterocycles. The minimum Gasteiger partial charge on any atom is -0.502 e. The Labute approximate surface area is 247 Å². The fraction of sp³-hybridized carbons (Fsp3) is 0.400. The van der Waals surface area contributed by atoms with Crippen molar-refractivity contribution in [1.82, 2.24) is 4.90 Å². The summed E-state index contributed by atoms with van der Waals surface area (Å²) in [5.74, 6) is -6.24. The summed E-state index contributed by atoms with van der Waals surface area (Å²) < 4.78 is 28.3. The van der Waals surface area contributed by atoms with Crippen LogP contribution in [0.1, 0.15) is 49.5 Å². The van der Waals surface area contributed by atoms with Gasteiger partial charge >= 0.3 is 12.1 Å². The summed E-state index contributed by atoms with van der Waals surface area (Å²) in [6, 6.07) is 11.4. The van der Waals surface area contributed by atoms with E-state index in [-0.39, 0.29) is 29.4 Å². The van der Waals surface area contributed by atoms with Crippen molar-refractivity contribution in [2.24, 2.45) is 0 Å². The first-order valence-electron chi connectivity index (χ1n) is 13.6. The number of methoxy groups -OCH3 is 1. The summed E-state index contributed by atoms with van der Waals surface area (Å²) >= 11 is 0. The van der Waals surface area contributed by atoms with E-state index in [1.165, 1.54) is 24.1 Å². The van der Waals surface area contributed by atoms with E-state index >= 15 is 0 Å². The van der Waals surface area contributed by atoms with Gasteiger partial charge in [0.25, 0.3) is 5.91 Å². The van der Waals surface area contributed by atoms with E-state index in [9.17, 15) is 30.0 Å². The molecule has 2 aromatic carbocycles. The molecule has 1 fully saturated rings. The summed E-state index contributed by atoms with van der Waals surface area (Å²) in [6.45, 7) is 5.42. The number of aliphatic hydroxyl groups is 4. The normalized spacial score (nSPS) is 23.6. The number of hydrogen-bond acceptors (Lipinski definition) is 11. The zero-order valence-electron chi connectivity index (χ0n) is 24.1. The minimum atomic E-state index is -3.04. The summed E-state index contributed by atoms with van der Waals surface area (Å²) in [6.07, 6.45) is -1.01. The number of carbonyl (C=O) groups is 2. The van der Waals surface area contributed by atoms with Crippen LogP contribution in [0.2, 0.25) is 0 Å². The number of benzene rings is 2. The molecule has 1 saturated heterocycles. The third-order valence-electron chi connectivity index (χ3n) is 7.12. The number of anilines is 1. The van der Waals surface area contributed by atoms with Gasteiger partial charge in [0.15, 0.2) is 23.5 Å². The molecular weight excluding hydrogens is 564 g/mol. The monoisotopic (exact) mass is 598 g/mol. The van der Waals surface area contributed by atoms with Crippen LogP contribution in [-0.2, 0) is 20.8 Å². The highest BCUT2D eigenvalue weighted by atomic mass is 16.8. The average molecular weight is 599 g/mol. The van der Waals surface area contributed by atoms with Gasteiger partial charge in [-0.2, -0.15) is 0 Å². The van der Waals surface area contributed by atoms with Crippen molar-refractivity contribution in [2.75, 3.05) is 18.6 Å². The molecule has 0 aliphatic carbocycles. The largest absolute Gasteiger partial charge is 0.502 e. The molecule has 0 bridgehead atoms. The third-order valence-corrected chi connectivity index (χ3v) is 7.12. The van der Waals surface area contributed by atoms with Crippen LogP contribution >= 0.6 is 0 Å². The highest BCUT2D eigenvalue weighted by Gasteiger charge is 2.53. The van der Waals surface area contributed by atoms with Gasteiger partial charge in [0.2, 0.25) is 11.5 Å². The SMILES string of the molecule is COc1cc2c(cc1OCc1ccccc1)N(C(=O)OC(C)(C)C)[C@@H](OC1(O)OC=C(O)C(O)=C1O)[C@@H]1CCCN1C2=O. The van der Waals surface area contributed by atoms with Crippen molar-refractivity contribution in [2.45, 2.75) is 64.1 Å². The van der Waals surface area contributed by atoms with Crippen molar-refractivity contribution >= 4 is 17.7 Å². The van der Waals surface area contributed by atoms with Crippen molar-refractivity contribution in [3.63, 3.8) is 0 Å². The highest BCUT2D eigenvalue weighted by Crippen LogP contribution is 2.44. The zero-order valence-corrected chi connectivity index (χ0v) is 24.1. The van der Waals surface area contributed by atoms with Crippen LogP contribution in [0.3, 0.4) is 0 Å². The molecule has 3 aliphatic heterocycles. The van der Waals surface area contributed by atoms with Crippen LogP contribution in [0.5, 0.6) is 11.5 Å². The number of aliphatic hydroxyl groups excluding tert-OH is 3. The first kappa shape index (κ1) is 29.9. The second-order valence-electron chi connectivity index (χ2n) is 11.3. The Balaban J connectivity index is 1.66. The van der Waals surface area contributed by atoms with Crippen molar-refractivity contribution in [1.29, 1.82) is 0 Å². The van der Waals surface area contributed by atoms with E-state index in [1.54, 1.807) is 20.8 Å².